The standard InChI is InChI=1S/C19H18N4O2/c24-23(25)17-11-20-22(14-17)18-12-21(13-18)19(15-7-3-1-4-8-15)16-9-5-2-6-10-16/h1-11,14,18-19H,12-13H2. The molecule has 6 nitrogen and oxygen atoms in total. The van der Waals surface area contributed by atoms with Gasteiger partial charge in [0.2, 0.25) is 0 Å². The number of rotatable bonds is 5. The van der Waals surface area contributed by atoms with Gasteiger partial charge in [-0.2, -0.15) is 5.10 Å². The van der Waals surface area contributed by atoms with Crippen LogP contribution in [-0.2, 0) is 0 Å². The summed E-state index contributed by atoms with van der Waals surface area (Å²) in [6.45, 7) is 1.63. The van der Waals surface area contributed by atoms with Gasteiger partial charge in [-0.25, -0.2) is 0 Å². The van der Waals surface area contributed by atoms with Crippen molar-refractivity contribution in [1.82, 2.24) is 14.7 Å². The van der Waals surface area contributed by atoms with E-state index >= 15 is 0 Å². The molecule has 126 valence electrons. The van der Waals surface area contributed by atoms with Gasteiger partial charge in [0.1, 0.15) is 12.4 Å². The second-order valence-corrected chi connectivity index (χ2v) is 6.27. The first-order valence-electron chi connectivity index (χ1n) is 8.25. The normalized spacial score (nSPS) is 15.2. The number of aromatic nitrogens is 2. The molecule has 1 aliphatic heterocycles. The molecule has 1 aliphatic rings. The van der Waals surface area contributed by atoms with Crippen molar-refractivity contribution in [3.05, 3.63) is 94.3 Å². The molecule has 0 spiro atoms. The molecule has 1 aromatic heterocycles. The van der Waals surface area contributed by atoms with E-state index < -0.39 is 4.92 Å². The molecule has 0 atom stereocenters. The van der Waals surface area contributed by atoms with Crippen LogP contribution >= 0.6 is 0 Å². The van der Waals surface area contributed by atoms with E-state index in [0.717, 1.165) is 13.1 Å². The summed E-state index contributed by atoms with van der Waals surface area (Å²) in [4.78, 5) is 12.8. The molecule has 2 aromatic carbocycles. The third-order valence-corrected chi connectivity index (χ3v) is 4.66. The van der Waals surface area contributed by atoms with E-state index in [9.17, 15) is 10.1 Å². The summed E-state index contributed by atoms with van der Waals surface area (Å²) in [7, 11) is 0. The summed E-state index contributed by atoms with van der Waals surface area (Å²) in [5.41, 5.74) is 2.54. The van der Waals surface area contributed by atoms with Gasteiger partial charge in [-0.3, -0.25) is 19.7 Å². The first-order chi connectivity index (χ1) is 12.2. The van der Waals surface area contributed by atoms with E-state index in [0.29, 0.717) is 0 Å². The number of hydrogen-bond donors (Lipinski definition) is 0. The zero-order valence-corrected chi connectivity index (χ0v) is 13.6. The van der Waals surface area contributed by atoms with Gasteiger partial charge in [0.25, 0.3) is 0 Å². The van der Waals surface area contributed by atoms with E-state index in [2.05, 4.69) is 58.5 Å². The number of nitrogens with zero attached hydrogens (tertiary/aromatic N) is 4. The summed E-state index contributed by atoms with van der Waals surface area (Å²) in [6.07, 6.45) is 2.83. The lowest BCUT2D eigenvalue weighted by Gasteiger charge is -2.44. The maximum Gasteiger partial charge on any atom is 0.307 e. The highest BCUT2D eigenvalue weighted by molar-refractivity contribution is 5.32. The molecule has 3 aromatic rings. The van der Waals surface area contributed by atoms with E-state index in [4.69, 9.17) is 0 Å². The second kappa shape index (κ2) is 6.49. The second-order valence-electron chi connectivity index (χ2n) is 6.27. The van der Waals surface area contributed by atoms with Crippen LogP contribution in [0.25, 0.3) is 0 Å². The van der Waals surface area contributed by atoms with E-state index in [1.807, 2.05) is 12.1 Å². The monoisotopic (exact) mass is 334 g/mol. The predicted molar refractivity (Wildman–Crippen MR) is 94.2 cm³/mol. The molecule has 0 unspecified atom stereocenters. The fourth-order valence-electron chi connectivity index (χ4n) is 3.37. The molecule has 0 aliphatic carbocycles. The minimum Gasteiger partial charge on any atom is -0.288 e. The van der Waals surface area contributed by atoms with E-state index in [-0.39, 0.29) is 17.8 Å². The molecule has 4 rings (SSSR count). The molecule has 1 fully saturated rings. The molecule has 2 heterocycles. The molecular formula is C19H18N4O2. The lowest BCUT2D eigenvalue weighted by atomic mass is 9.93. The van der Waals surface area contributed by atoms with Crippen molar-refractivity contribution in [3.8, 4) is 0 Å². The molecule has 1 saturated heterocycles. The Morgan fingerprint density at radius 1 is 1.00 bits per heavy atom. The highest BCUT2D eigenvalue weighted by atomic mass is 16.6. The van der Waals surface area contributed by atoms with Crippen molar-refractivity contribution in [1.29, 1.82) is 0 Å². The predicted octanol–water partition coefficient (Wildman–Crippen LogP) is 3.44. The van der Waals surface area contributed by atoms with Crippen molar-refractivity contribution >= 4 is 5.69 Å². The highest BCUT2D eigenvalue weighted by Gasteiger charge is 2.35. The van der Waals surface area contributed by atoms with Crippen LogP contribution in [-0.4, -0.2) is 32.7 Å². The van der Waals surface area contributed by atoms with Crippen LogP contribution in [0.5, 0.6) is 0 Å². The maximum absolute atomic E-state index is 10.8. The highest BCUT2D eigenvalue weighted by Crippen LogP contribution is 2.35. The van der Waals surface area contributed by atoms with Crippen molar-refractivity contribution in [3.63, 3.8) is 0 Å². The number of likely N-dealkylation sites (tertiary alicyclic amines) is 1. The van der Waals surface area contributed by atoms with Gasteiger partial charge in [-0.1, -0.05) is 60.7 Å². The van der Waals surface area contributed by atoms with Crippen molar-refractivity contribution in [2.75, 3.05) is 13.1 Å². The van der Waals surface area contributed by atoms with Gasteiger partial charge in [-0.15, -0.1) is 0 Å². The third kappa shape index (κ3) is 3.04. The fraction of sp³-hybridized carbons (Fsp3) is 0.211. The van der Waals surface area contributed by atoms with Crippen molar-refractivity contribution < 1.29 is 4.92 Å². The number of hydrogen-bond acceptors (Lipinski definition) is 4. The smallest absolute Gasteiger partial charge is 0.288 e. The number of benzene rings is 2. The molecule has 0 radical (unpaired) electrons. The lowest BCUT2D eigenvalue weighted by molar-refractivity contribution is -0.385. The Morgan fingerprint density at radius 2 is 1.56 bits per heavy atom. The molecule has 0 saturated carbocycles. The summed E-state index contributed by atoms with van der Waals surface area (Å²) >= 11 is 0. The topological polar surface area (TPSA) is 64.2 Å². The van der Waals surface area contributed by atoms with Crippen LogP contribution in [0.15, 0.2) is 73.1 Å². The van der Waals surface area contributed by atoms with Gasteiger partial charge >= 0.3 is 5.69 Å². The average Bonchev–Trinajstić information content (AvgIpc) is 3.09. The van der Waals surface area contributed by atoms with Gasteiger partial charge in [-0.05, 0) is 11.1 Å². The minimum absolute atomic E-state index is 0.0427. The quantitative estimate of drug-likeness (QED) is 0.530. The van der Waals surface area contributed by atoms with Crippen molar-refractivity contribution in [2.45, 2.75) is 12.1 Å². The minimum atomic E-state index is -0.406. The Labute approximate surface area is 145 Å². The Morgan fingerprint density at radius 3 is 2.04 bits per heavy atom. The van der Waals surface area contributed by atoms with Crippen LogP contribution in [0.3, 0.4) is 0 Å². The molecule has 0 N–H and O–H groups in total. The Balaban J connectivity index is 1.55. The summed E-state index contributed by atoms with van der Waals surface area (Å²) in [6, 6.07) is 21.2. The third-order valence-electron chi connectivity index (χ3n) is 4.66. The molecule has 25 heavy (non-hydrogen) atoms. The van der Waals surface area contributed by atoms with Gasteiger partial charge < -0.3 is 0 Å². The number of nitro groups is 1. The molecule has 0 amide bonds. The SMILES string of the molecule is O=[N+]([O-])c1cnn(C2CN(C(c3ccccc3)c3ccccc3)C2)c1. The van der Waals surface area contributed by atoms with Crippen LogP contribution in [0.1, 0.15) is 23.2 Å². The van der Waals surface area contributed by atoms with Gasteiger partial charge in [0.05, 0.1) is 17.0 Å². The first-order valence-corrected chi connectivity index (χ1v) is 8.25. The summed E-state index contributed by atoms with van der Waals surface area (Å²) in [5.74, 6) is 0. The van der Waals surface area contributed by atoms with Gasteiger partial charge in [0.15, 0.2) is 0 Å². The van der Waals surface area contributed by atoms with Crippen LogP contribution in [0.4, 0.5) is 5.69 Å². The zero-order valence-electron chi connectivity index (χ0n) is 13.6. The average molecular weight is 334 g/mol. The van der Waals surface area contributed by atoms with E-state index in [1.165, 1.54) is 23.5 Å². The van der Waals surface area contributed by atoms with E-state index in [1.54, 1.807) is 4.68 Å². The molecule has 0 bridgehead atoms. The lowest BCUT2D eigenvalue weighted by Crippen LogP contribution is -2.49. The van der Waals surface area contributed by atoms with Crippen LogP contribution in [0.2, 0.25) is 0 Å². The fourth-order valence-corrected chi connectivity index (χ4v) is 3.37. The Bertz CT molecular complexity index is 818. The van der Waals surface area contributed by atoms with Crippen molar-refractivity contribution in [2.24, 2.45) is 0 Å². The molecule has 6 heteroatoms. The summed E-state index contributed by atoms with van der Waals surface area (Å²) in [5, 5.41) is 15.0. The van der Waals surface area contributed by atoms with Crippen LogP contribution in [0, 0.1) is 10.1 Å². The zero-order chi connectivity index (χ0) is 17.2. The maximum atomic E-state index is 10.8. The Kier molecular flexibility index (Phi) is 4.03. The van der Waals surface area contributed by atoms with Gasteiger partial charge in [0, 0.05) is 13.1 Å². The summed E-state index contributed by atoms with van der Waals surface area (Å²) < 4.78 is 1.71. The van der Waals surface area contributed by atoms with Crippen LogP contribution < -0.4 is 0 Å². The molecular weight excluding hydrogens is 316 g/mol. The Hall–Kier alpha value is -2.99. The first kappa shape index (κ1) is 15.5. The largest absolute Gasteiger partial charge is 0.307 e.